The van der Waals surface area contributed by atoms with E-state index < -0.39 is 10.0 Å². The van der Waals surface area contributed by atoms with Gasteiger partial charge in [0.25, 0.3) is 10.0 Å². The molecule has 6 nitrogen and oxygen atoms in total. The van der Waals surface area contributed by atoms with Crippen molar-refractivity contribution in [3.8, 4) is 0 Å². The fourth-order valence-corrected chi connectivity index (χ4v) is 4.09. The summed E-state index contributed by atoms with van der Waals surface area (Å²) in [5.74, 6) is -0.367. The van der Waals surface area contributed by atoms with Gasteiger partial charge in [0.15, 0.2) is 0 Å². The molecule has 0 heterocycles. The molecule has 0 spiro atoms. The van der Waals surface area contributed by atoms with Crippen LogP contribution in [0, 0.1) is 0 Å². The molecule has 27 heavy (non-hydrogen) atoms. The summed E-state index contributed by atoms with van der Waals surface area (Å²) in [5, 5.41) is 3.17. The molecule has 146 valence electrons. The number of nitrogens with zero attached hydrogens (tertiary/aromatic N) is 2. The van der Waals surface area contributed by atoms with Gasteiger partial charge in [0.2, 0.25) is 5.91 Å². The first-order valence-corrected chi connectivity index (χ1v) is 10.4. The topological polar surface area (TPSA) is 69.7 Å². The summed E-state index contributed by atoms with van der Waals surface area (Å²) in [4.78, 5) is 14.5. The van der Waals surface area contributed by atoms with E-state index in [-0.39, 0.29) is 17.3 Å². The van der Waals surface area contributed by atoms with Crippen LogP contribution in [0.5, 0.6) is 0 Å². The Labute approximate surface area is 165 Å². The Balaban J connectivity index is 2.22. The smallest absolute Gasteiger partial charge is 0.264 e. The SMILES string of the molecule is CN(C)CCCNC(=O)CN(c1cccc(Cl)c1)S(=O)(=O)c1ccccc1. The molecule has 2 rings (SSSR count). The Morgan fingerprint density at radius 1 is 1.07 bits per heavy atom. The molecule has 0 unspecified atom stereocenters. The second-order valence-electron chi connectivity index (χ2n) is 6.31. The fraction of sp³-hybridized carbons (Fsp3) is 0.316. The lowest BCUT2D eigenvalue weighted by atomic mass is 10.3. The maximum Gasteiger partial charge on any atom is 0.264 e. The average Bonchev–Trinajstić information content (AvgIpc) is 2.63. The first-order valence-electron chi connectivity index (χ1n) is 8.55. The Morgan fingerprint density at radius 3 is 2.41 bits per heavy atom. The first-order chi connectivity index (χ1) is 12.8. The maximum atomic E-state index is 13.1. The predicted octanol–water partition coefficient (Wildman–Crippen LogP) is 2.60. The average molecular weight is 410 g/mol. The Kier molecular flexibility index (Phi) is 7.65. The number of carbonyl (C=O) groups is 1. The molecular weight excluding hydrogens is 386 g/mol. The number of amides is 1. The van der Waals surface area contributed by atoms with Gasteiger partial charge < -0.3 is 10.2 Å². The molecule has 0 aromatic heterocycles. The molecule has 0 radical (unpaired) electrons. The number of halogens is 1. The van der Waals surface area contributed by atoms with Gasteiger partial charge in [0.1, 0.15) is 6.54 Å². The quantitative estimate of drug-likeness (QED) is 0.646. The Morgan fingerprint density at radius 2 is 1.78 bits per heavy atom. The van der Waals surface area contributed by atoms with E-state index in [9.17, 15) is 13.2 Å². The van der Waals surface area contributed by atoms with E-state index in [4.69, 9.17) is 11.6 Å². The van der Waals surface area contributed by atoms with Crippen molar-refractivity contribution in [2.45, 2.75) is 11.3 Å². The minimum Gasteiger partial charge on any atom is -0.354 e. The normalized spacial score (nSPS) is 11.4. The van der Waals surface area contributed by atoms with E-state index in [2.05, 4.69) is 5.32 Å². The Hall–Kier alpha value is -2.09. The molecule has 8 heteroatoms. The largest absolute Gasteiger partial charge is 0.354 e. The standard InChI is InChI=1S/C19H24ClN3O3S/c1-22(2)13-7-12-21-19(24)15-23(17-9-6-8-16(20)14-17)27(25,26)18-10-4-3-5-11-18/h3-6,8-11,14H,7,12-13,15H2,1-2H3,(H,21,24). The molecule has 0 fully saturated rings. The number of nitrogens with one attached hydrogen (secondary N) is 1. The minimum atomic E-state index is -3.90. The number of hydrogen-bond donors (Lipinski definition) is 1. The molecule has 1 amide bonds. The van der Waals surface area contributed by atoms with Crippen LogP contribution in [0.25, 0.3) is 0 Å². The summed E-state index contributed by atoms with van der Waals surface area (Å²) in [6.45, 7) is 0.992. The number of carbonyl (C=O) groups excluding carboxylic acids is 1. The number of hydrogen-bond acceptors (Lipinski definition) is 4. The summed E-state index contributed by atoms with van der Waals surface area (Å²) in [6.07, 6.45) is 0.779. The highest BCUT2D eigenvalue weighted by molar-refractivity contribution is 7.92. The molecule has 0 saturated heterocycles. The predicted molar refractivity (Wildman–Crippen MR) is 109 cm³/mol. The highest BCUT2D eigenvalue weighted by Crippen LogP contribution is 2.25. The van der Waals surface area contributed by atoms with Crippen molar-refractivity contribution in [2.75, 3.05) is 38.0 Å². The van der Waals surface area contributed by atoms with Gasteiger partial charge in [-0.05, 0) is 57.4 Å². The van der Waals surface area contributed by atoms with Crippen LogP contribution in [0.4, 0.5) is 5.69 Å². The van der Waals surface area contributed by atoms with Gasteiger partial charge in [-0.1, -0.05) is 35.9 Å². The van der Waals surface area contributed by atoms with Crippen LogP contribution < -0.4 is 9.62 Å². The van der Waals surface area contributed by atoms with Crippen molar-refractivity contribution in [3.05, 3.63) is 59.6 Å². The lowest BCUT2D eigenvalue weighted by Gasteiger charge is -2.24. The molecule has 0 atom stereocenters. The van der Waals surface area contributed by atoms with E-state index in [0.717, 1.165) is 17.3 Å². The van der Waals surface area contributed by atoms with Crippen LogP contribution in [0.15, 0.2) is 59.5 Å². The first kappa shape index (κ1) is 21.2. The van der Waals surface area contributed by atoms with Crippen LogP contribution in [-0.4, -0.2) is 53.0 Å². The van der Waals surface area contributed by atoms with Crippen LogP contribution in [-0.2, 0) is 14.8 Å². The molecule has 1 N–H and O–H groups in total. The molecule has 2 aromatic rings. The Bertz CT molecular complexity index is 858. The third-order valence-corrected chi connectivity index (χ3v) is 5.84. The molecule has 0 aliphatic carbocycles. The highest BCUT2D eigenvalue weighted by atomic mass is 35.5. The molecule has 0 aliphatic heterocycles. The monoisotopic (exact) mass is 409 g/mol. The van der Waals surface area contributed by atoms with Crippen molar-refractivity contribution in [2.24, 2.45) is 0 Å². The van der Waals surface area contributed by atoms with Gasteiger partial charge in [-0.15, -0.1) is 0 Å². The zero-order valence-corrected chi connectivity index (χ0v) is 17.0. The van der Waals surface area contributed by atoms with Crippen LogP contribution in [0.3, 0.4) is 0 Å². The van der Waals surface area contributed by atoms with Gasteiger partial charge in [0, 0.05) is 11.6 Å². The van der Waals surface area contributed by atoms with Crippen molar-refractivity contribution in [1.29, 1.82) is 0 Å². The van der Waals surface area contributed by atoms with Crippen molar-refractivity contribution < 1.29 is 13.2 Å². The van der Waals surface area contributed by atoms with Gasteiger partial charge in [-0.25, -0.2) is 8.42 Å². The second-order valence-corrected chi connectivity index (χ2v) is 8.61. The molecule has 0 saturated carbocycles. The highest BCUT2D eigenvalue weighted by Gasteiger charge is 2.27. The third-order valence-electron chi connectivity index (χ3n) is 3.82. The van der Waals surface area contributed by atoms with Gasteiger partial charge in [-0.3, -0.25) is 9.10 Å². The van der Waals surface area contributed by atoms with Gasteiger partial charge in [0.05, 0.1) is 10.6 Å². The summed E-state index contributed by atoms with van der Waals surface area (Å²) in [6, 6.07) is 14.5. The van der Waals surface area contributed by atoms with Gasteiger partial charge >= 0.3 is 0 Å². The van der Waals surface area contributed by atoms with Crippen molar-refractivity contribution >= 4 is 33.2 Å². The molecular formula is C19H24ClN3O3S. The lowest BCUT2D eigenvalue weighted by Crippen LogP contribution is -2.41. The zero-order valence-electron chi connectivity index (χ0n) is 15.4. The molecule has 2 aromatic carbocycles. The third kappa shape index (κ3) is 6.23. The van der Waals surface area contributed by atoms with Crippen LogP contribution in [0.2, 0.25) is 5.02 Å². The molecule has 0 aliphatic rings. The number of benzene rings is 2. The van der Waals surface area contributed by atoms with E-state index >= 15 is 0 Å². The van der Waals surface area contributed by atoms with Crippen LogP contribution >= 0.6 is 11.6 Å². The number of rotatable bonds is 9. The number of anilines is 1. The maximum absolute atomic E-state index is 13.1. The fourth-order valence-electron chi connectivity index (χ4n) is 2.48. The minimum absolute atomic E-state index is 0.116. The van der Waals surface area contributed by atoms with E-state index in [1.54, 1.807) is 36.4 Å². The summed E-state index contributed by atoms with van der Waals surface area (Å²) in [7, 11) is 0.00266. The van der Waals surface area contributed by atoms with E-state index in [1.807, 2.05) is 19.0 Å². The summed E-state index contributed by atoms with van der Waals surface area (Å²) < 4.78 is 27.3. The summed E-state index contributed by atoms with van der Waals surface area (Å²) >= 11 is 6.03. The van der Waals surface area contributed by atoms with Gasteiger partial charge in [-0.2, -0.15) is 0 Å². The van der Waals surface area contributed by atoms with E-state index in [1.165, 1.54) is 18.2 Å². The second kappa shape index (κ2) is 9.73. The molecule has 0 bridgehead atoms. The lowest BCUT2D eigenvalue weighted by molar-refractivity contribution is -0.119. The zero-order chi connectivity index (χ0) is 19.9. The van der Waals surface area contributed by atoms with Crippen molar-refractivity contribution in [1.82, 2.24) is 10.2 Å². The van der Waals surface area contributed by atoms with Crippen molar-refractivity contribution in [3.63, 3.8) is 0 Å². The number of sulfonamides is 1. The van der Waals surface area contributed by atoms with E-state index in [0.29, 0.717) is 17.3 Å². The van der Waals surface area contributed by atoms with Crippen LogP contribution in [0.1, 0.15) is 6.42 Å². The summed E-state index contributed by atoms with van der Waals surface area (Å²) in [5.41, 5.74) is 0.342.